The lowest BCUT2D eigenvalue weighted by Crippen LogP contribution is -2.29. The summed E-state index contributed by atoms with van der Waals surface area (Å²) in [5.41, 5.74) is 17.1. The van der Waals surface area contributed by atoms with Crippen molar-refractivity contribution < 1.29 is 0 Å². The zero-order chi connectivity index (χ0) is 36.8. The summed E-state index contributed by atoms with van der Waals surface area (Å²) in [5, 5.41) is 2.63. The SMILES string of the molecule is c1ccc(-c2cc(-c3ccc4c(c3)C3(c5ccccc5-c5ccccc5-4)c4ccccc4-c4cc5c(cc43)sc3ccccc35)nc(-c3ccccc3)n2)cc1. The molecule has 1 atom stereocenters. The highest BCUT2D eigenvalue weighted by Gasteiger charge is 2.50. The van der Waals surface area contributed by atoms with Crippen LogP contribution in [0.1, 0.15) is 22.3 Å². The van der Waals surface area contributed by atoms with Gasteiger partial charge < -0.3 is 0 Å². The maximum absolute atomic E-state index is 5.32. The number of fused-ring (bicyclic) bond motifs is 15. The van der Waals surface area contributed by atoms with Gasteiger partial charge in [-0.2, -0.15) is 0 Å². The second-order valence-corrected chi connectivity index (χ2v) is 15.9. The lowest BCUT2D eigenvalue weighted by atomic mass is 9.65. The zero-order valence-corrected chi connectivity index (χ0v) is 31.1. The van der Waals surface area contributed by atoms with Crippen LogP contribution in [-0.2, 0) is 5.41 Å². The van der Waals surface area contributed by atoms with E-state index in [2.05, 4.69) is 188 Å². The largest absolute Gasteiger partial charge is 0.228 e. The number of rotatable bonds is 3. The maximum Gasteiger partial charge on any atom is 0.160 e. The molecule has 8 aromatic carbocycles. The monoisotopic (exact) mass is 728 g/mol. The van der Waals surface area contributed by atoms with E-state index in [1.807, 2.05) is 17.4 Å². The summed E-state index contributed by atoms with van der Waals surface area (Å²) < 4.78 is 2.63. The third-order valence-corrected chi connectivity index (χ3v) is 13.1. The first kappa shape index (κ1) is 31.4. The minimum atomic E-state index is -0.602. The summed E-state index contributed by atoms with van der Waals surface area (Å²) in [6.45, 7) is 0. The predicted octanol–water partition coefficient (Wildman–Crippen LogP) is 13.9. The molecular weight excluding hydrogens is 697 g/mol. The molecule has 2 heterocycles. The fraction of sp³-hybridized carbons (Fsp3) is 0.0189. The average Bonchev–Trinajstić information content (AvgIpc) is 3.75. The molecule has 1 spiro atoms. The van der Waals surface area contributed by atoms with Crippen LogP contribution in [-0.4, -0.2) is 9.97 Å². The van der Waals surface area contributed by atoms with Crippen LogP contribution in [0, 0.1) is 0 Å². The van der Waals surface area contributed by atoms with Gasteiger partial charge in [-0.15, -0.1) is 11.3 Å². The van der Waals surface area contributed by atoms with Gasteiger partial charge in [0.1, 0.15) is 0 Å². The van der Waals surface area contributed by atoms with Crippen molar-refractivity contribution in [2.75, 3.05) is 0 Å². The summed E-state index contributed by atoms with van der Waals surface area (Å²) in [6, 6.07) is 71.0. The van der Waals surface area contributed by atoms with Crippen LogP contribution in [0.25, 0.3) is 87.5 Å². The second kappa shape index (κ2) is 12.0. The third-order valence-electron chi connectivity index (χ3n) is 11.9. The second-order valence-electron chi connectivity index (χ2n) is 14.8. The first-order valence-electron chi connectivity index (χ1n) is 19.2. The molecule has 0 saturated heterocycles. The van der Waals surface area contributed by atoms with Gasteiger partial charge in [0.25, 0.3) is 0 Å². The summed E-state index contributed by atoms with van der Waals surface area (Å²) in [7, 11) is 0. The van der Waals surface area contributed by atoms with Crippen LogP contribution < -0.4 is 0 Å². The van der Waals surface area contributed by atoms with E-state index >= 15 is 0 Å². The molecule has 0 aliphatic heterocycles. The Morgan fingerprint density at radius 2 is 0.857 bits per heavy atom. The minimum Gasteiger partial charge on any atom is -0.228 e. The molecule has 0 amide bonds. The fourth-order valence-electron chi connectivity index (χ4n) is 9.53. The van der Waals surface area contributed by atoms with E-state index in [1.165, 1.54) is 75.8 Å². The Morgan fingerprint density at radius 1 is 0.321 bits per heavy atom. The lowest BCUT2D eigenvalue weighted by molar-refractivity contribution is 0.777. The zero-order valence-electron chi connectivity index (χ0n) is 30.3. The molecule has 0 saturated carbocycles. The molecule has 0 radical (unpaired) electrons. The maximum atomic E-state index is 5.32. The van der Waals surface area contributed by atoms with Crippen molar-refractivity contribution in [2.45, 2.75) is 5.41 Å². The van der Waals surface area contributed by atoms with Gasteiger partial charge in [0.15, 0.2) is 5.82 Å². The van der Waals surface area contributed by atoms with Gasteiger partial charge in [0.05, 0.1) is 16.8 Å². The molecule has 0 N–H and O–H groups in total. The molecule has 10 aromatic rings. The van der Waals surface area contributed by atoms with Crippen molar-refractivity contribution in [3.63, 3.8) is 0 Å². The fourth-order valence-corrected chi connectivity index (χ4v) is 10.7. The van der Waals surface area contributed by atoms with Crippen LogP contribution >= 0.6 is 11.3 Å². The molecule has 1 unspecified atom stereocenters. The normalized spacial score (nSPS) is 14.9. The Balaban J connectivity index is 1.21. The Kier molecular flexibility index (Phi) is 6.75. The van der Waals surface area contributed by atoms with Crippen molar-refractivity contribution >= 4 is 31.5 Å². The van der Waals surface area contributed by atoms with Gasteiger partial charge in [0.2, 0.25) is 0 Å². The molecule has 2 aliphatic carbocycles. The Hall–Kier alpha value is -6.94. The molecule has 3 heteroatoms. The molecule has 2 nitrogen and oxygen atoms in total. The number of nitrogens with zero attached hydrogens (tertiary/aromatic N) is 2. The van der Waals surface area contributed by atoms with Crippen molar-refractivity contribution in [3.05, 3.63) is 216 Å². The standard InChI is InChI=1S/C53H32N2S/c1-3-15-33(16-4-1)48-32-49(55-52(54-48)34-17-5-2-6-18-34)35-27-28-40-37-20-8-7-19-36(37)38-21-9-12-24-44(38)53(46(40)29-35)45-25-13-10-22-39(45)42-30-43-41-23-11-14-26-50(41)56-51(43)31-47(42)53/h1-32H. The molecule has 12 rings (SSSR count). The summed E-state index contributed by atoms with van der Waals surface area (Å²) >= 11 is 1.89. The van der Waals surface area contributed by atoms with Gasteiger partial charge in [-0.3, -0.25) is 0 Å². The summed E-state index contributed by atoms with van der Waals surface area (Å²) in [5.74, 6) is 0.714. The van der Waals surface area contributed by atoms with Crippen molar-refractivity contribution in [1.29, 1.82) is 0 Å². The van der Waals surface area contributed by atoms with Crippen LogP contribution in [0.15, 0.2) is 194 Å². The van der Waals surface area contributed by atoms with Crippen LogP contribution in [0.2, 0.25) is 0 Å². The smallest absolute Gasteiger partial charge is 0.160 e. The first-order chi connectivity index (χ1) is 27.8. The van der Waals surface area contributed by atoms with Crippen molar-refractivity contribution in [3.8, 4) is 67.3 Å². The van der Waals surface area contributed by atoms with E-state index in [0.29, 0.717) is 5.82 Å². The van der Waals surface area contributed by atoms with E-state index in [4.69, 9.17) is 9.97 Å². The van der Waals surface area contributed by atoms with E-state index in [1.54, 1.807) is 0 Å². The van der Waals surface area contributed by atoms with Crippen LogP contribution in [0.4, 0.5) is 0 Å². The number of thiophene rings is 1. The Labute approximate surface area is 329 Å². The number of aromatic nitrogens is 2. The molecule has 260 valence electrons. The minimum absolute atomic E-state index is 0.602. The molecular formula is C53H32N2S. The van der Waals surface area contributed by atoms with E-state index in [-0.39, 0.29) is 0 Å². The summed E-state index contributed by atoms with van der Waals surface area (Å²) in [4.78, 5) is 10.4. The van der Waals surface area contributed by atoms with Crippen molar-refractivity contribution in [2.24, 2.45) is 0 Å². The predicted molar refractivity (Wildman–Crippen MR) is 233 cm³/mol. The lowest BCUT2D eigenvalue weighted by Gasteiger charge is -2.35. The molecule has 56 heavy (non-hydrogen) atoms. The van der Waals surface area contributed by atoms with E-state index in [9.17, 15) is 0 Å². The third kappa shape index (κ3) is 4.43. The van der Waals surface area contributed by atoms with E-state index < -0.39 is 5.41 Å². The van der Waals surface area contributed by atoms with Crippen molar-refractivity contribution in [1.82, 2.24) is 9.97 Å². The average molecular weight is 729 g/mol. The van der Waals surface area contributed by atoms with Gasteiger partial charge in [-0.25, -0.2) is 9.97 Å². The summed E-state index contributed by atoms with van der Waals surface area (Å²) in [6.07, 6.45) is 0. The first-order valence-corrected chi connectivity index (χ1v) is 20.0. The number of hydrogen-bond acceptors (Lipinski definition) is 3. The van der Waals surface area contributed by atoms with Crippen LogP contribution in [0.5, 0.6) is 0 Å². The quantitative estimate of drug-likeness (QED) is 0.181. The molecule has 0 bridgehead atoms. The molecule has 2 aliphatic rings. The number of hydrogen-bond donors (Lipinski definition) is 0. The van der Waals surface area contributed by atoms with Gasteiger partial charge in [0, 0.05) is 36.9 Å². The topological polar surface area (TPSA) is 25.8 Å². The number of benzene rings is 8. The highest BCUT2D eigenvalue weighted by atomic mass is 32.1. The highest BCUT2D eigenvalue weighted by molar-refractivity contribution is 7.25. The van der Waals surface area contributed by atoms with Crippen LogP contribution in [0.3, 0.4) is 0 Å². The van der Waals surface area contributed by atoms with Gasteiger partial charge in [-0.05, 0) is 86.0 Å². The Morgan fingerprint density at radius 3 is 1.57 bits per heavy atom. The van der Waals surface area contributed by atoms with Gasteiger partial charge >= 0.3 is 0 Å². The molecule has 0 fully saturated rings. The van der Waals surface area contributed by atoms with Gasteiger partial charge in [-0.1, -0.05) is 164 Å². The highest BCUT2D eigenvalue weighted by Crippen LogP contribution is 2.62. The Bertz CT molecular complexity index is 3140. The molecule has 2 aromatic heterocycles. The van der Waals surface area contributed by atoms with E-state index in [0.717, 1.165) is 28.1 Å².